The second-order valence-corrected chi connectivity index (χ2v) is 4.49. The second-order valence-electron chi connectivity index (χ2n) is 4.49. The Hall–Kier alpha value is -1.96. The molecule has 0 atom stereocenters. The fraction of sp³-hybridized carbons (Fsp3) is 0.250. The lowest BCUT2D eigenvalue weighted by molar-refractivity contribution is 0.470. The number of aromatic hydroxyl groups is 2. The van der Waals surface area contributed by atoms with E-state index in [-0.39, 0.29) is 0 Å². The number of phenols is 2. The Morgan fingerprint density at radius 1 is 0.667 bits per heavy atom. The summed E-state index contributed by atoms with van der Waals surface area (Å²) < 4.78 is 0. The summed E-state index contributed by atoms with van der Waals surface area (Å²) in [6.07, 6.45) is 0. The first kappa shape index (κ1) is 14.1. The van der Waals surface area contributed by atoms with Crippen molar-refractivity contribution in [3.63, 3.8) is 0 Å². The molecule has 0 bridgehead atoms. The minimum atomic E-state index is 0.329. The van der Waals surface area contributed by atoms with Crippen LogP contribution in [0.2, 0.25) is 0 Å². The standard InChI is InChI=1S/C9H12O.C7H8O/c1-6-4-5-9(10)8(3)7(6)2;1-6-2-4-7(8)5-3-6/h4-5,10H,1-3H3;2-5,8H,1H3. The first-order chi connectivity index (χ1) is 8.41. The van der Waals surface area contributed by atoms with Crippen LogP contribution in [-0.4, -0.2) is 10.2 Å². The van der Waals surface area contributed by atoms with E-state index in [1.807, 2.05) is 45.9 Å². The maximum atomic E-state index is 9.22. The Balaban J connectivity index is 0.000000184. The monoisotopic (exact) mass is 244 g/mol. The van der Waals surface area contributed by atoms with Crippen LogP contribution in [0.3, 0.4) is 0 Å². The highest BCUT2D eigenvalue weighted by Gasteiger charge is 1.99. The third-order valence-corrected chi connectivity index (χ3v) is 3.06. The number of hydrogen-bond donors (Lipinski definition) is 2. The van der Waals surface area contributed by atoms with Gasteiger partial charge in [0.15, 0.2) is 0 Å². The quantitative estimate of drug-likeness (QED) is 0.735. The third-order valence-electron chi connectivity index (χ3n) is 3.06. The van der Waals surface area contributed by atoms with Crippen molar-refractivity contribution in [3.8, 4) is 11.5 Å². The molecule has 0 unspecified atom stereocenters. The molecule has 2 heteroatoms. The van der Waals surface area contributed by atoms with E-state index >= 15 is 0 Å². The molecule has 0 aliphatic carbocycles. The van der Waals surface area contributed by atoms with Gasteiger partial charge in [0.2, 0.25) is 0 Å². The highest BCUT2D eigenvalue weighted by atomic mass is 16.3. The highest BCUT2D eigenvalue weighted by molar-refractivity contribution is 5.41. The molecule has 0 amide bonds. The molecule has 0 aromatic heterocycles. The van der Waals surface area contributed by atoms with Gasteiger partial charge < -0.3 is 10.2 Å². The van der Waals surface area contributed by atoms with Gasteiger partial charge in [0.1, 0.15) is 11.5 Å². The smallest absolute Gasteiger partial charge is 0.118 e. The molecule has 2 aromatic rings. The van der Waals surface area contributed by atoms with Crippen LogP contribution in [0.25, 0.3) is 0 Å². The van der Waals surface area contributed by atoms with Gasteiger partial charge in [-0.05, 0) is 62.6 Å². The number of phenolic OH excluding ortho intramolecular Hbond substituents is 2. The molecule has 2 rings (SSSR count). The Morgan fingerprint density at radius 3 is 1.67 bits per heavy atom. The fourth-order valence-electron chi connectivity index (χ4n) is 1.49. The van der Waals surface area contributed by atoms with Crippen LogP contribution < -0.4 is 0 Å². The van der Waals surface area contributed by atoms with Crippen LogP contribution in [-0.2, 0) is 0 Å². The van der Waals surface area contributed by atoms with Gasteiger partial charge in [0.05, 0.1) is 0 Å². The van der Waals surface area contributed by atoms with E-state index in [0.717, 1.165) is 5.56 Å². The fourth-order valence-corrected chi connectivity index (χ4v) is 1.49. The van der Waals surface area contributed by atoms with Crippen molar-refractivity contribution < 1.29 is 10.2 Å². The average molecular weight is 244 g/mol. The van der Waals surface area contributed by atoms with Crippen LogP contribution in [0.5, 0.6) is 11.5 Å². The maximum absolute atomic E-state index is 9.22. The average Bonchev–Trinajstić information content (AvgIpc) is 2.36. The first-order valence-corrected chi connectivity index (χ1v) is 5.93. The molecule has 96 valence electrons. The van der Waals surface area contributed by atoms with Gasteiger partial charge >= 0.3 is 0 Å². The van der Waals surface area contributed by atoms with Crippen molar-refractivity contribution in [1.29, 1.82) is 0 Å². The van der Waals surface area contributed by atoms with E-state index in [1.165, 1.54) is 16.7 Å². The van der Waals surface area contributed by atoms with Gasteiger partial charge in [-0.3, -0.25) is 0 Å². The lowest BCUT2D eigenvalue weighted by Crippen LogP contribution is -1.85. The van der Waals surface area contributed by atoms with Crippen LogP contribution >= 0.6 is 0 Å². The van der Waals surface area contributed by atoms with Gasteiger partial charge in [-0.2, -0.15) is 0 Å². The van der Waals surface area contributed by atoms with Crippen LogP contribution in [0.4, 0.5) is 0 Å². The summed E-state index contributed by atoms with van der Waals surface area (Å²) in [6.45, 7) is 7.98. The molecule has 2 nitrogen and oxygen atoms in total. The Labute approximate surface area is 109 Å². The van der Waals surface area contributed by atoms with Crippen molar-refractivity contribution >= 4 is 0 Å². The summed E-state index contributed by atoms with van der Waals surface area (Å²) in [4.78, 5) is 0. The van der Waals surface area contributed by atoms with Crippen LogP contribution in [0.15, 0.2) is 36.4 Å². The van der Waals surface area contributed by atoms with Gasteiger partial charge in [-0.15, -0.1) is 0 Å². The molecule has 0 fully saturated rings. The van der Waals surface area contributed by atoms with Crippen LogP contribution in [0.1, 0.15) is 22.3 Å². The van der Waals surface area contributed by atoms with E-state index in [9.17, 15) is 5.11 Å². The van der Waals surface area contributed by atoms with Crippen molar-refractivity contribution in [2.75, 3.05) is 0 Å². The molecule has 0 aliphatic heterocycles. The summed E-state index contributed by atoms with van der Waals surface area (Å²) in [7, 11) is 0. The summed E-state index contributed by atoms with van der Waals surface area (Å²) >= 11 is 0. The van der Waals surface area contributed by atoms with E-state index < -0.39 is 0 Å². The number of hydrogen-bond acceptors (Lipinski definition) is 2. The molecule has 2 aromatic carbocycles. The molecule has 0 spiro atoms. The SMILES string of the molecule is Cc1ccc(O)c(C)c1C.Cc1ccc(O)cc1. The van der Waals surface area contributed by atoms with Crippen molar-refractivity contribution in [2.45, 2.75) is 27.7 Å². The Bertz CT molecular complexity index is 465. The third kappa shape index (κ3) is 3.81. The summed E-state index contributed by atoms with van der Waals surface area (Å²) in [6, 6.07) is 10.8. The molecule has 18 heavy (non-hydrogen) atoms. The Kier molecular flexibility index (Phi) is 4.78. The van der Waals surface area contributed by atoms with Crippen LogP contribution in [0, 0.1) is 27.7 Å². The predicted molar refractivity (Wildman–Crippen MR) is 75.2 cm³/mol. The van der Waals surface area contributed by atoms with Crippen molar-refractivity contribution in [3.05, 3.63) is 58.7 Å². The number of benzene rings is 2. The molecule has 0 radical (unpaired) electrons. The highest BCUT2D eigenvalue weighted by Crippen LogP contribution is 2.21. The van der Waals surface area contributed by atoms with Gasteiger partial charge in [-0.25, -0.2) is 0 Å². The largest absolute Gasteiger partial charge is 0.508 e. The summed E-state index contributed by atoms with van der Waals surface area (Å²) in [5.41, 5.74) is 4.57. The van der Waals surface area contributed by atoms with Gasteiger partial charge in [0, 0.05) is 0 Å². The predicted octanol–water partition coefficient (Wildman–Crippen LogP) is 4.02. The zero-order valence-electron chi connectivity index (χ0n) is 11.4. The zero-order chi connectivity index (χ0) is 13.7. The minimum absolute atomic E-state index is 0.329. The van der Waals surface area contributed by atoms with E-state index in [1.54, 1.807) is 18.2 Å². The molecule has 0 saturated heterocycles. The summed E-state index contributed by atoms with van der Waals surface area (Å²) in [5.74, 6) is 0.721. The minimum Gasteiger partial charge on any atom is -0.508 e. The molecule has 0 aliphatic rings. The lowest BCUT2D eigenvalue weighted by Gasteiger charge is -2.04. The van der Waals surface area contributed by atoms with E-state index in [0.29, 0.717) is 11.5 Å². The molecular weight excluding hydrogens is 224 g/mol. The normalized spacial score (nSPS) is 9.56. The second kappa shape index (κ2) is 6.10. The zero-order valence-corrected chi connectivity index (χ0v) is 11.4. The molecule has 2 N–H and O–H groups in total. The van der Waals surface area contributed by atoms with Crippen molar-refractivity contribution in [2.24, 2.45) is 0 Å². The molecular formula is C16H20O2. The van der Waals surface area contributed by atoms with E-state index in [4.69, 9.17) is 5.11 Å². The summed E-state index contributed by atoms with van der Waals surface area (Å²) in [5, 5.41) is 18.0. The van der Waals surface area contributed by atoms with Crippen molar-refractivity contribution in [1.82, 2.24) is 0 Å². The number of rotatable bonds is 0. The van der Waals surface area contributed by atoms with Gasteiger partial charge in [0.25, 0.3) is 0 Å². The maximum Gasteiger partial charge on any atom is 0.118 e. The first-order valence-electron chi connectivity index (χ1n) is 5.93. The Morgan fingerprint density at radius 2 is 1.22 bits per heavy atom. The molecule has 0 heterocycles. The molecule has 0 saturated carbocycles. The number of aryl methyl sites for hydroxylation is 2. The van der Waals surface area contributed by atoms with E-state index in [2.05, 4.69) is 0 Å². The van der Waals surface area contributed by atoms with Gasteiger partial charge in [-0.1, -0.05) is 23.8 Å². The topological polar surface area (TPSA) is 40.5 Å². The lowest BCUT2D eigenvalue weighted by atomic mass is 10.0.